The van der Waals surface area contributed by atoms with E-state index in [9.17, 15) is 22.8 Å². The highest BCUT2D eigenvalue weighted by atomic mass is 35.5. The van der Waals surface area contributed by atoms with E-state index in [1.807, 2.05) is 30.3 Å². The van der Waals surface area contributed by atoms with Crippen LogP contribution in [0.1, 0.15) is 35.2 Å². The van der Waals surface area contributed by atoms with Crippen molar-refractivity contribution in [3.63, 3.8) is 0 Å². The van der Waals surface area contributed by atoms with E-state index in [1.54, 1.807) is 36.4 Å². The Morgan fingerprint density at radius 3 is 2.47 bits per heavy atom. The van der Waals surface area contributed by atoms with Crippen molar-refractivity contribution in [1.82, 2.24) is 4.57 Å². The number of esters is 1. The number of hydrogen-bond acceptors (Lipinski definition) is 7. The Morgan fingerprint density at radius 1 is 1.06 bits per heavy atom. The number of aromatic nitrogens is 1. The van der Waals surface area contributed by atoms with Crippen LogP contribution in [0.3, 0.4) is 0 Å². The van der Waals surface area contributed by atoms with E-state index in [4.69, 9.17) is 26.3 Å². The second kappa shape index (κ2) is 12.9. The fourth-order valence-corrected chi connectivity index (χ4v) is 6.43. The smallest absolute Gasteiger partial charge is 0.434 e. The van der Waals surface area contributed by atoms with Crippen molar-refractivity contribution >= 4 is 45.8 Å². The molecule has 1 atom stereocenters. The molecule has 0 bridgehead atoms. The Balaban J connectivity index is 1.56. The molecule has 4 aromatic carbocycles. The van der Waals surface area contributed by atoms with Crippen molar-refractivity contribution in [3.8, 4) is 11.8 Å². The van der Waals surface area contributed by atoms with Crippen molar-refractivity contribution in [2.45, 2.75) is 25.7 Å². The number of ether oxygens (including phenoxy) is 2. The minimum Gasteiger partial charge on any atom is -0.488 e. The third kappa shape index (κ3) is 6.30. The maximum Gasteiger partial charge on any atom is 0.434 e. The fourth-order valence-electron chi connectivity index (χ4n) is 5.32. The van der Waals surface area contributed by atoms with Crippen LogP contribution in [-0.2, 0) is 16.1 Å². The molecule has 12 heteroatoms. The Kier molecular flexibility index (Phi) is 8.73. The van der Waals surface area contributed by atoms with Gasteiger partial charge in [0.15, 0.2) is 10.5 Å². The van der Waals surface area contributed by atoms with Crippen molar-refractivity contribution in [1.29, 1.82) is 5.26 Å². The molecule has 0 saturated heterocycles. The number of nitriles is 1. The number of nitrogens with zero attached hydrogens (tertiary/aromatic N) is 3. The van der Waals surface area contributed by atoms with E-state index in [0.29, 0.717) is 21.9 Å². The van der Waals surface area contributed by atoms with E-state index in [0.717, 1.165) is 32.2 Å². The summed E-state index contributed by atoms with van der Waals surface area (Å²) in [6.45, 7) is 1.45. The number of halogens is 4. The summed E-state index contributed by atoms with van der Waals surface area (Å²) in [7, 11) is 0. The minimum atomic E-state index is -5.02. The van der Waals surface area contributed by atoms with Gasteiger partial charge in [0.2, 0.25) is 0 Å². The Bertz CT molecular complexity index is 2270. The molecule has 0 amide bonds. The molecule has 2 heterocycles. The molecule has 1 aromatic heterocycles. The maximum atomic E-state index is 14.5. The quantitative estimate of drug-likeness (QED) is 0.182. The number of thiazole rings is 1. The molecule has 1 aliphatic heterocycles. The van der Waals surface area contributed by atoms with Crippen LogP contribution >= 0.6 is 22.9 Å². The first-order valence-corrected chi connectivity index (χ1v) is 15.5. The molecule has 0 N–H and O–H groups in total. The number of alkyl halides is 3. The zero-order valence-corrected chi connectivity index (χ0v) is 26.1. The topological polar surface area (TPSA) is 93.7 Å². The molecule has 0 radical (unpaired) electrons. The predicted octanol–water partition coefficient (Wildman–Crippen LogP) is 6.60. The van der Waals surface area contributed by atoms with Crippen LogP contribution in [0.2, 0.25) is 5.02 Å². The Labute approximate surface area is 274 Å². The summed E-state index contributed by atoms with van der Waals surface area (Å²) in [5.41, 5.74) is -0.812. The van der Waals surface area contributed by atoms with Crippen molar-refractivity contribution in [2.24, 2.45) is 4.99 Å². The van der Waals surface area contributed by atoms with Gasteiger partial charge in [-0.3, -0.25) is 9.36 Å². The first kappa shape index (κ1) is 31.8. The molecule has 0 fully saturated rings. The van der Waals surface area contributed by atoms with Crippen molar-refractivity contribution in [3.05, 3.63) is 143 Å². The van der Waals surface area contributed by atoms with Crippen LogP contribution in [0, 0.1) is 11.3 Å². The highest BCUT2D eigenvalue weighted by molar-refractivity contribution is 7.07. The molecule has 0 spiro atoms. The van der Waals surface area contributed by atoms with Gasteiger partial charge in [0.05, 0.1) is 34.4 Å². The van der Waals surface area contributed by atoms with Crippen LogP contribution in [0.4, 0.5) is 13.2 Å². The van der Waals surface area contributed by atoms with E-state index in [-0.39, 0.29) is 28.1 Å². The monoisotopic (exact) mass is 673 g/mol. The lowest BCUT2D eigenvalue weighted by molar-refractivity contribution is -0.140. The number of rotatable bonds is 7. The lowest BCUT2D eigenvalue weighted by Crippen LogP contribution is -2.41. The standard InChI is InChI=1S/C35H23ClF3N3O4S/c1-2-45-33(44)29-30(23-11-14-24(36)15-12-23)42-32(43)28(47-34(42)41-31(29)35(37,38)39)17-26-25-6-4-3-5-22(25)13-16-27(26)46-19-21-9-7-20(18-40)8-10-21/h3-17,30H,2,19H2,1H3/b28-17-/t30-/m0/s1. The maximum absolute atomic E-state index is 14.5. The highest BCUT2D eigenvalue weighted by Gasteiger charge is 2.45. The van der Waals surface area contributed by atoms with Gasteiger partial charge in [-0.2, -0.15) is 18.4 Å². The predicted molar refractivity (Wildman–Crippen MR) is 172 cm³/mol. The van der Waals surface area contributed by atoms with Crippen LogP contribution in [0.5, 0.6) is 5.75 Å². The number of hydrogen-bond donors (Lipinski definition) is 0. The summed E-state index contributed by atoms with van der Waals surface area (Å²) >= 11 is 6.84. The average molecular weight is 674 g/mol. The van der Waals surface area contributed by atoms with Crippen molar-refractivity contribution < 1.29 is 27.4 Å². The first-order chi connectivity index (χ1) is 22.6. The van der Waals surface area contributed by atoms with Crippen LogP contribution in [0.15, 0.2) is 106 Å². The first-order valence-electron chi connectivity index (χ1n) is 14.3. The molecular weight excluding hydrogens is 651 g/mol. The normalized spacial score (nSPS) is 14.8. The van der Waals surface area contributed by atoms with Gasteiger partial charge in [0, 0.05) is 10.6 Å². The molecule has 0 aliphatic carbocycles. The second-order valence-electron chi connectivity index (χ2n) is 10.4. The van der Waals surface area contributed by atoms with Crippen LogP contribution in [0.25, 0.3) is 16.8 Å². The van der Waals surface area contributed by atoms with E-state index >= 15 is 0 Å². The lowest BCUT2D eigenvalue weighted by Gasteiger charge is -2.26. The molecule has 0 saturated carbocycles. The summed E-state index contributed by atoms with van der Waals surface area (Å²) in [6.07, 6.45) is -3.45. The second-order valence-corrected chi connectivity index (χ2v) is 11.9. The summed E-state index contributed by atoms with van der Waals surface area (Å²) in [4.78, 5) is 30.9. The number of benzene rings is 4. The average Bonchev–Trinajstić information content (AvgIpc) is 3.38. The van der Waals surface area contributed by atoms with Crippen LogP contribution < -0.4 is 19.6 Å². The van der Waals surface area contributed by atoms with Gasteiger partial charge in [-0.25, -0.2) is 9.79 Å². The summed E-state index contributed by atoms with van der Waals surface area (Å²) in [5, 5.41) is 11.0. The molecule has 7 nitrogen and oxygen atoms in total. The van der Waals surface area contributed by atoms with Gasteiger partial charge in [0.25, 0.3) is 5.56 Å². The zero-order valence-electron chi connectivity index (χ0n) is 24.5. The summed E-state index contributed by atoms with van der Waals surface area (Å²) in [5.74, 6) is -0.804. The largest absolute Gasteiger partial charge is 0.488 e. The van der Waals surface area contributed by atoms with Gasteiger partial charge >= 0.3 is 12.1 Å². The number of carbonyl (C=O) groups is 1. The summed E-state index contributed by atoms with van der Waals surface area (Å²) < 4.78 is 55.8. The molecule has 236 valence electrons. The zero-order chi connectivity index (χ0) is 33.3. The molecule has 47 heavy (non-hydrogen) atoms. The third-order valence-electron chi connectivity index (χ3n) is 7.46. The van der Waals surface area contributed by atoms with E-state index in [1.165, 1.54) is 31.2 Å². The number of carbonyl (C=O) groups excluding carboxylic acids is 1. The van der Waals surface area contributed by atoms with Gasteiger partial charge < -0.3 is 9.47 Å². The highest BCUT2D eigenvalue weighted by Crippen LogP contribution is 2.38. The van der Waals surface area contributed by atoms with Gasteiger partial charge in [-0.05, 0) is 65.2 Å². The number of allylic oxidation sites excluding steroid dienone is 1. The van der Waals surface area contributed by atoms with Crippen molar-refractivity contribution in [2.75, 3.05) is 6.61 Å². The SMILES string of the molecule is CCOC(=O)C1=C(C(F)(F)F)N=c2s/c(=C\c3c(OCc4ccc(C#N)cc4)ccc4ccccc34)c(=O)n2[C@H]1c1ccc(Cl)cc1. The lowest BCUT2D eigenvalue weighted by atomic mass is 9.95. The van der Waals surface area contributed by atoms with Gasteiger partial charge in [-0.15, -0.1) is 0 Å². The molecule has 1 aliphatic rings. The van der Waals surface area contributed by atoms with Gasteiger partial charge in [-0.1, -0.05) is 77.5 Å². The molecule has 0 unspecified atom stereocenters. The van der Waals surface area contributed by atoms with E-state index < -0.39 is 35.0 Å². The van der Waals surface area contributed by atoms with Crippen LogP contribution in [-0.4, -0.2) is 23.3 Å². The fraction of sp³-hybridized carbons (Fsp3) is 0.143. The summed E-state index contributed by atoms with van der Waals surface area (Å²) in [6, 6.07) is 24.4. The third-order valence-corrected chi connectivity index (χ3v) is 8.70. The van der Waals surface area contributed by atoms with Gasteiger partial charge in [0.1, 0.15) is 12.4 Å². The Morgan fingerprint density at radius 2 is 1.79 bits per heavy atom. The Hall–Kier alpha value is -5.18. The number of fused-ring (bicyclic) bond motifs is 2. The molecule has 6 rings (SSSR count). The molecular formula is C35H23ClF3N3O4S. The minimum absolute atomic E-state index is 0.0777. The van der Waals surface area contributed by atoms with E-state index in [2.05, 4.69) is 11.1 Å². The molecule has 5 aromatic rings.